The monoisotopic (exact) mass is 299 g/mol. The van der Waals surface area contributed by atoms with Crippen LogP contribution in [0.1, 0.15) is 47.0 Å². The van der Waals surface area contributed by atoms with Crippen LogP contribution in [0.15, 0.2) is 0 Å². The fourth-order valence-electron chi connectivity index (χ4n) is 2.81. The van der Waals surface area contributed by atoms with Crippen LogP contribution >= 0.6 is 0 Å². The standard InChI is InChI=1S/C16H33N3O2/c1-13(2)19(14(3)4)11-10-18-16(20)7-12-21-15-5-8-17-9-6-15/h13-15,17H,5-12H2,1-4H3,(H,18,20). The number of carbonyl (C=O) groups excluding carboxylic acids is 1. The van der Waals surface area contributed by atoms with E-state index >= 15 is 0 Å². The minimum absolute atomic E-state index is 0.0939. The zero-order chi connectivity index (χ0) is 15.7. The first-order valence-electron chi connectivity index (χ1n) is 8.35. The van der Waals surface area contributed by atoms with Crippen molar-refractivity contribution in [3.8, 4) is 0 Å². The highest BCUT2D eigenvalue weighted by Crippen LogP contribution is 2.07. The Morgan fingerprint density at radius 3 is 2.43 bits per heavy atom. The highest BCUT2D eigenvalue weighted by atomic mass is 16.5. The van der Waals surface area contributed by atoms with Gasteiger partial charge in [-0.05, 0) is 53.6 Å². The summed E-state index contributed by atoms with van der Waals surface area (Å²) in [5.74, 6) is 0.0939. The van der Waals surface area contributed by atoms with Gasteiger partial charge in [-0.25, -0.2) is 0 Å². The molecule has 21 heavy (non-hydrogen) atoms. The van der Waals surface area contributed by atoms with Crippen LogP contribution in [-0.2, 0) is 9.53 Å². The number of nitrogens with zero attached hydrogens (tertiary/aromatic N) is 1. The summed E-state index contributed by atoms with van der Waals surface area (Å²) in [5, 5.41) is 6.29. The number of ether oxygens (including phenoxy) is 1. The maximum absolute atomic E-state index is 11.8. The molecule has 1 aliphatic rings. The molecule has 5 heteroatoms. The van der Waals surface area contributed by atoms with Crippen LogP contribution in [0.4, 0.5) is 0 Å². The van der Waals surface area contributed by atoms with Gasteiger partial charge in [-0.1, -0.05) is 0 Å². The van der Waals surface area contributed by atoms with Gasteiger partial charge < -0.3 is 15.4 Å². The maximum Gasteiger partial charge on any atom is 0.222 e. The molecule has 1 aliphatic heterocycles. The molecule has 1 amide bonds. The van der Waals surface area contributed by atoms with Crippen LogP contribution < -0.4 is 10.6 Å². The Morgan fingerprint density at radius 1 is 1.24 bits per heavy atom. The summed E-state index contributed by atoms with van der Waals surface area (Å²) in [6.45, 7) is 13.0. The van der Waals surface area contributed by atoms with Crippen LogP contribution in [0, 0.1) is 0 Å². The van der Waals surface area contributed by atoms with Crippen LogP contribution in [-0.4, -0.2) is 61.8 Å². The topological polar surface area (TPSA) is 53.6 Å². The Morgan fingerprint density at radius 2 is 1.86 bits per heavy atom. The van der Waals surface area contributed by atoms with Crippen LogP contribution in [0.5, 0.6) is 0 Å². The third-order valence-electron chi connectivity index (χ3n) is 3.99. The Hall–Kier alpha value is -0.650. The average Bonchev–Trinajstić information content (AvgIpc) is 2.44. The second-order valence-corrected chi connectivity index (χ2v) is 6.35. The zero-order valence-electron chi connectivity index (χ0n) is 14.2. The number of piperidine rings is 1. The molecular formula is C16H33N3O2. The molecule has 0 aromatic heterocycles. The molecule has 1 saturated heterocycles. The molecule has 0 atom stereocenters. The third-order valence-corrected chi connectivity index (χ3v) is 3.99. The van der Waals surface area contributed by atoms with Crippen molar-refractivity contribution < 1.29 is 9.53 Å². The summed E-state index contributed by atoms with van der Waals surface area (Å²) in [7, 11) is 0. The van der Waals surface area contributed by atoms with E-state index in [0.29, 0.717) is 37.8 Å². The molecule has 5 nitrogen and oxygen atoms in total. The van der Waals surface area contributed by atoms with E-state index in [1.807, 2.05) is 0 Å². The van der Waals surface area contributed by atoms with Crippen LogP contribution in [0.25, 0.3) is 0 Å². The Bertz CT molecular complexity index is 281. The van der Waals surface area contributed by atoms with Gasteiger partial charge >= 0.3 is 0 Å². The smallest absolute Gasteiger partial charge is 0.222 e. The van der Waals surface area contributed by atoms with Crippen molar-refractivity contribution in [1.82, 2.24) is 15.5 Å². The van der Waals surface area contributed by atoms with Gasteiger partial charge in [0.15, 0.2) is 0 Å². The molecule has 0 aromatic rings. The predicted molar refractivity (Wildman–Crippen MR) is 86.4 cm³/mol. The lowest BCUT2D eigenvalue weighted by atomic mass is 10.1. The van der Waals surface area contributed by atoms with Crippen molar-refractivity contribution in [2.45, 2.75) is 65.1 Å². The third kappa shape index (κ3) is 7.79. The molecule has 0 unspecified atom stereocenters. The molecular weight excluding hydrogens is 266 g/mol. The summed E-state index contributed by atoms with van der Waals surface area (Å²) in [6, 6.07) is 1.01. The first-order valence-corrected chi connectivity index (χ1v) is 8.35. The van der Waals surface area contributed by atoms with E-state index in [0.717, 1.165) is 32.5 Å². The van der Waals surface area contributed by atoms with Crippen molar-refractivity contribution in [3.63, 3.8) is 0 Å². The van der Waals surface area contributed by atoms with Gasteiger partial charge in [0.1, 0.15) is 0 Å². The van der Waals surface area contributed by atoms with Gasteiger partial charge in [0.2, 0.25) is 5.91 Å². The van der Waals surface area contributed by atoms with Gasteiger partial charge in [-0.15, -0.1) is 0 Å². The summed E-state index contributed by atoms with van der Waals surface area (Å²) in [4.78, 5) is 14.2. The Labute approximate surface area is 129 Å². The van der Waals surface area contributed by atoms with Gasteiger partial charge in [-0.3, -0.25) is 9.69 Å². The van der Waals surface area contributed by atoms with Crippen molar-refractivity contribution in [2.75, 3.05) is 32.8 Å². The normalized spacial score (nSPS) is 16.9. The lowest BCUT2D eigenvalue weighted by Gasteiger charge is -2.30. The minimum Gasteiger partial charge on any atom is -0.378 e. The van der Waals surface area contributed by atoms with Gasteiger partial charge in [0.25, 0.3) is 0 Å². The summed E-state index contributed by atoms with van der Waals surface area (Å²) in [6.07, 6.45) is 2.91. The number of hydrogen-bond donors (Lipinski definition) is 2. The Kier molecular flexibility index (Phi) is 8.88. The number of rotatable bonds is 9. The molecule has 1 heterocycles. The zero-order valence-corrected chi connectivity index (χ0v) is 14.2. The summed E-state index contributed by atoms with van der Waals surface area (Å²) in [5.41, 5.74) is 0. The predicted octanol–water partition coefficient (Wildman–Crippen LogP) is 1.38. The Balaban J connectivity index is 2.07. The number of hydrogen-bond acceptors (Lipinski definition) is 4. The van der Waals surface area contributed by atoms with E-state index in [9.17, 15) is 4.79 Å². The van der Waals surface area contributed by atoms with E-state index in [4.69, 9.17) is 4.74 Å². The summed E-state index contributed by atoms with van der Waals surface area (Å²) < 4.78 is 5.75. The van der Waals surface area contributed by atoms with Gasteiger partial charge in [0.05, 0.1) is 12.7 Å². The van der Waals surface area contributed by atoms with E-state index in [-0.39, 0.29) is 5.91 Å². The van der Waals surface area contributed by atoms with Crippen molar-refractivity contribution in [3.05, 3.63) is 0 Å². The summed E-state index contributed by atoms with van der Waals surface area (Å²) >= 11 is 0. The quantitative estimate of drug-likeness (QED) is 0.675. The molecule has 0 radical (unpaired) electrons. The van der Waals surface area contributed by atoms with Gasteiger partial charge in [0, 0.05) is 31.6 Å². The molecule has 0 saturated carbocycles. The maximum atomic E-state index is 11.8. The van der Waals surface area contributed by atoms with Crippen LogP contribution in [0.3, 0.4) is 0 Å². The van der Waals surface area contributed by atoms with Crippen molar-refractivity contribution in [2.24, 2.45) is 0 Å². The number of nitrogens with one attached hydrogen (secondary N) is 2. The minimum atomic E-state index is 0.0939. The van der Waals surface area contributed by atoms with E-state index in [1.165, 1.54) is 0 Å². The molecule has 0 spiro atoms. The van der Waals surface area contributed by atoms with E-state index < -0.39 is 0 Å². The number of carbonyl (C=O) groups is 1. The molecule has 0 aromatic carbocycles. The fraction of sp³-hybridized carbons (Fsp3) is 0.938. The molecule has 0 aliphatic carbocycles. The number of amides is 1. The van der Waals surface area contributed by atoms with Gasteiger partial charge in [-0.2, -0.15) is 0 Å². The lowest BCUT2D eigenvalue weighted by molar-refractivity contribution is -0.122. The van der Waals surface area contributed by atoms with E-state index in [2.05, 4.69) is 43.2 Å². The highest BCUT2D eigenvalue weighted by Gasteiger charge is 2.15. The second-order valence-electron chi connectivity index (χ2n) is 6.35. The largest absolute Gasteiger partial charge is 0.378 e. The fourth-order valence-corrected chi connectivity index (χ4v) is 2.81. The average molecular weight is 299 g/mol. The molecule has 2 N–H and O–H groups in total. The van der Waals surface area contributed by atoms with Crippen LogP contribution in [0.2, 0.25) is 0 Å². The SMILES string of the molecule is CC(C)N(CCNC(=O)CCOC1CCNCC1)C(C)C. The first kappa shape index (κ1) is 18.4. The second kappa shape index (κ2) is 10.1. The molecule has 0 bridgehead atoms. The molecule has 1 fully saturated rings. The molecule has 124 valence electrons. The molecule has 1 rings (SSSR count). The first-order chi connectivity index (χ1) is 10.0. The highest BCUT2D eigenvalue weighted by molar-refractivity contribution is 5.75. The van der Waals surface area contributed by atoms with Crippen molar-refractivity contribution >= 4 is 5.91 Å². The van der Waals surface area contributed by atoms with E-state index in [1.54, 1.807) is 0 Å². The lowest BCUT2D eigenvalue weighted by Crippen LogP contribution is -2.42. The van der Waals surface area contributed by atoms with Crippen molar-refractivity contribution in [1.29, 1.82) is 0 Å².